The van der Waals surface area contributed by atoms with Crippen LogP contribution in [0.25, 0.3) is 0 Å². The third kappa shape index (κ3) is 3.04. The van der Waals surface area contributed by atoms with E-state index in [1.165, 1.54) is 0 Å². The Bertz CT molecular complexity index is 813. The van der Waals surface area contributed by atoms with Gasteiger partial charge in [0, 0.05) is 36.8 Å². The summed E-state index contributed by atoms with van der Waals surface area (Å²) in [5.74, 6) is 0.257. The molecule has 1 saturated heterocycles. The second kappa shape index (κ2) is 6.35. The second-order valence-electron chi connectivity index (χ2n) is 6.97. The lowest BCUT2D eigenvalue weighted by Crippen LogP contribution is -2.44. The van der Waals surface area contributed by atoms with Gasteiger partial charge in [0.05, 0.1) is 5.69 Å². The molecular weight excluding hydrogens is 316 g/mol. The van der Waals surface area contributed by atoms with Crippen molar-refractivity contribution in [2.45, 2.75) is 32.2 Å². The Balaban J connectivity index is 1.41. The van der Waals surface area contributed by atoms with Gasteiger partial charge in [-0.25, -0.2) is 0 Å². The predicted octanol–water partition coefficient (Wildman–Crippen LogP) is 2.08. The molecule has 4 rings (SSSR count). The van der Waals surface area contributed by atoms with Crippen molar-refractivity contribution < 1.29 is 9.59 Å². The molecule has 2 aliphatic heterocycles. The van der Waals surface area contributed by atoms with Gasteiger partial charge in [-0.2, -0.15) is 5.10 Å². The molecule has 6 nitrogen and oxygen atoms in total. The Morgan fingerprint density at radius 3 is 2.96 bits per heavy atom. The molecule has 1 aromatic carbocycles. The number of H-pyrrole nitrogens is 1. The maximum Gasteiger partial charge on any atom is 0.254 e. The molecule has 130 valence electrons. The molecule has 0 radical (unpaired) electrons. The Morgan fingerprint density at radius 2 is 2.20 bits per heavy atom. The number of carbonyl (C=O) groups is 2. The molecule has 0 aliphatic carbocycles. The van der Waals surface area contributed by atoms with Crippen molar-refractivity contribution in [3.63, 3.8) is 0 Å². The minimum Gasteiger partial charge on any atom is -0.340 e. The van der Waals surface area contributed by atoms with Crippen molar-refractivity contribution in [2.75, 3.05) is 19.6 Å². The normalized spacial score (nSPS) is 20.0. The molecule has 3 heterocycles. The number of aryl methyl sites for hydroxylation is 1. The Kier molecular flexibility index (Phi) is 4.03. The molecule has 1 atom stereocenters. The topological polar surface area (TPSA) is 69.3 Å². The Morgan fingerprint density at radius 1 is 1.36 bits per heavy atom. The van der Waals surface area contributed by atoms with Crippen LogP contribution in [0, 0.1) is 6.92 Å². The highest BCUT2D eigenvalue weighted by atomic mass is 16.2. The number of carbonyl (C=O) groups excluding carboxylic acids is 2. The van der Waals surface area contributed by atoms with Gasteiger partial charge in [0.25, 0.3) is 5.91 Å². The zero-order valence-corrected chi connectivity index (χ0v) is 14.4. The number of likely N-dealkylation sites (tertiary alicyclic amines) is 1. The highest BCUT2D eigenvalue weighted by Gasteiger charge is 2.31. The van der Waals surface area contributed by atoms with Gasteiger partial charge in [0.2, 0.25) is 5.91 Å². The first-order valence-corrected chi connectivity index (χ1v) is 8.78. The van der Waals surface area contributed by atoms with Crippen molar-refractivity contribution in [3.8, 4) is 0 Å². The van der Waals surface area contributed by atoms with E-state index in [2.05, 4.69) is 16.3 Å². The van der Waals surface area contributed by atoms with E-state index in [0.717, 1.165) is 41.9 Å². The fourth-order valence-electron chi connectivity index (χ4n) is 3.80. The van der Waals surface area contributed by atoms with Crippen molar-refractivity contribution in [2.24, 2.45) is 0 Å². The molecule has 0 spiro atoms. The summed E-state index contributed by atoms with van der Waals surface area (Å²) in [5.41, 5.74) is 3.79. The molecular formula is C19H22N4O2. The van der Waals surface area contributed by atoms with Gasteiger partial charge in [-0.1, -0.05) is 18.2 Å². The van der Waals surface area contributed by atoms with E-state index >= 15 is 0 Å². The predicted molar refractivity (Wildman–Crippen MR) is 93.1 cm³/mol. The molecule has 2 aliphatic rings. The maximum absolute atomic E-state index is 12.7. The second-order valence-corrected chi connectivity index (χ2v) is 6.97. The lowest BCUT2D eigenvalue weighted by molar-refractivity contribution is -0.133. The zero-order valence-electron chi connectivity index (χ0n) is 14.4. The number of aromatic nitrogens is 2. The summed E-state index contributed by atoms with van der Waals surface area (Å²) in [6, 6.07) is 9.63. The summed E-state index contributed by atoms with van der Waals surface area (Å²) in [7, 11) is 0. The van der Waals surface area contributed by atoms with Crippen LogP contribution in [0.2, 0.25) is 0 Å². The van der Waals surface area contributed by atoms with Crippen molar-refractivity contribution in [1.29, 1.82) is 0 Å². The van der Waals surface area contributed by atoms with Crippen LogP contribution in [-0.2, 0) is 11.3 Å². The van der Waals surface area contributed by atoms with Crippen LogP contribution < -0.4 is 0 Å². The number of benzene rings is 1. The van der Waals surface area contributed by atoms with Gasteiger partial charge in [-0.05, 0) is 37.5 Å². The summed E-state index contributed by atoms with van der Waals surface area (Å²) < 4.78 is 0. The van der Waals surface area contributed by atoms with E-state index in [9.17, 15) is 9.59 Å². The lowest BCUT2D eigenvalue weighted by Gasteiger charge is -2.33. The molecule has 0 unspecified atom stereocenters. The van der Waals surface area contributed by atoms with Gasteiger partial charge in [0.1, 0.15) is 6.54 Å². The fraction of sp³-hybridized carbons (Fsp3) is 0.421. The molecule has 2 aromatic rings. The number of aromatic amines is 1. The molecule has 1 aromatic heterocycles. The minimum atomic E-state index is -0.0413. The summed E-state index contributed by atoms with van der Waals surface area (Å²) in [6.45, 7) is 4.10. The summed E-state index contributed by atoms with van der Waals surface area (Å²) in [5, 5.41) is 7.33. The molecule has 1 fully saturated rings. The van der Waals surface area contributed by atoms with Crippen LogP contribution in [-0.4, -0.2) is 51.4 Å². The largest absolute Gasteiger partial charge is 0.340 e. The van der Waals surface area contributed by atoms with Crippen LogP contribution in [0.3, 0.4) is 0 Å². The molecule has 0 bridgehead atoms. The van der Waals surface area contributed by atoms with E-state index in [1.807, 2.05) is 36.1 Å². The highest BCUT2D eigenvalue weighted by molar-refractivity contribution is 6.00. The van der Waals surface area contributed by atoms with E-state index in [4.69, 9.17) is 0 Å². The van der Waals surface area contributed by atoms with E-state index < -0.39 is 0 Å². The summed E-state index contributed by atoms with van der Waals surface area (Å²) in [6.07, 6.45) is 2.01. The van der Waals surface area contributed by atoms with E-state index in [1.54, 1.807) is 4.90 Å². The number of rotatable bonds is 3. The average Bonchev–Trinajstić information content (AvgIpc) is 3.20. The van der Waals surface area contributed by atoms with Crippen LogP contribution in [0.5, 0.6) is 0 Å². The monoisotopic (exact) mass is 338 g/mol. The number of nitrogens with zero attached hydrogens (tertiary/aromatic N) is 3. The van der Waals surface area contributed by atoms with Crippen LogP contribution in [0.4, 0.5) is 0 Å². The van der Waals surface area contributed by atoms with Crippen LogP contribution in [0.15, 0.2) is 30.3 Å². The van der Waals surface area contributed by atoms with Gasteiger partial charge >= 0.3 is 0 Å². The van der Waals surface area contributed by atoms with E-state index in [-0.39, 0.29) is 24.3 Å². The molecule has 25 heavy (non-hydrogen) atoms. The van der Waals surface area contributed by atoms with Gasteiger partial charge < -0.3 is 9.80 Å². The number of nitrogens with one attached hydrogen (secondary N) is 1. The Hall–Kier alpha value is -2.63. The van der Waals surface area contributed by atoms with Gasteiger partial charge in [-0.15, -0.1) is 0 Å². The SMILES string of the molecule is Cc1cc([C@@H]2CCCN(C(=O)CN3Cc4ccccc4C3=O)C2)n[nH]1. The number of fused-ring (bicyclic) bond motifs is 1. The first kappa shape index (κ1) is 15.9. The fourth-order valence-corrected chi connectivity index (χ4v) is 3.80. The highest BCUT2D eigenvalue weighted by Crippen LogP contribution is 2.27. The number of piperidine rings is 1. The summed E-state index contributed by atoms with van der Waals surface area (Å²) in [4.78, 5) is 28.7. The standard InChI is InChI=1S/C19H22N4O2/c1-13-9-17(21-20-13)15-6-4-8-22(11-15)18(24)12-23-10-14-5-2-3-7-16(14)19(23)25/h2-3,5,7,9,15H,4,6,8,10-12H2,1H3,(H,20,21)/t15-/m1/s1. The maximum atomic E-state index is 12.7. The van der Waals surface area contributed by atoms with Gasteiger partial charge in [0.15, 0.2) is 0 Å². The van der Waals surface area contributed by atoms with Crippen LogP contribution in [0.1, 0.15) is 46.1 Å². The summed E-state index contributed by atoms with van der Waals surface area (Å²) >= 11 is 0. The average molecular weight is 338 g/mol. The Labute approximate surface area is 146 Å². The molecule has 2 amide bonds. The number of hydrogen-bond acceptors (Lipinski definition) is 3. The van der Waals surface area contributed by atoms with Gasteiger partial charge in [-0.3, -0.25) is 14.7 Å². The lowest BCUT2D eigenvalue weighted by atomic mass is 9.94. The third-order valence-corrected chi connectivity index (χ3v) is 5.14. The number of hydrogen-bond donors (Lipinski definition) is 1. The third-order valence-electron chi connectivity index (χ3n) is 5.14. The van der Waals surface area contributed by atoms with E-state index in [0.29, 0.717) is 13.1 Å². The number of amides is 2. The van der Waals surface area contributed by atoms with Crippen molar-refractivity contribution in [3.05, 3.63) is 52.8 Å². The smallest absolute Gasteiger partial charge is 0.254 e. The quantitative estimate of drug-likeness (QED) is 0.931. The van der Waals surface area contributed by atoms with Crippen molar-refractivity contribution >= 4 is 11.8 Å². The minimum absolute atomic E-state index is 0.0260. The molecule has 0 saturated carbocycles. The zero-order chi connectivity index (χ0) is 17.4. The molecule has 1 N–H and O–H groups in total. The molecule has 6 heteroatoms. The van der Waals surface area contributed by atoms with Crippen LogP contribution >= 0.6 is 0 Å². The first-order valence-electron chi connectivity index (χ1n) is 8.78. The van der Waals surface area contributed by atoms with Crippen molar-refractivity contribution in [1.82, 2.24) is 20.0 Å². The first-order chi connectivity index (χ1) is 12.1.